The van der Waals surface area contributed by atoms with E-state index in [0.717, 1.165) is 50.0 Å². The number of nitrogens with zero attached hydrogens (tertiary/aromatic N) is 4. The van der Waals surface area contributed by atoms with Gasteiger partial charge in [0.05, 0.1) is 13.2 Å². The van der Waals surface area contributed by atoms with Crippen molar-refractivity contribution in [3.05, 3.63) is 23.0 Å². The number of aryl methyl sites for hydroxylation is 1. The highest BCUT2D eigenvalue weighted by atomic mass is 35.5. The quantitative estimate of drug-likeness (QED) is 0.831. The zero-order chi connectivity index (χ0) is 12.5. The van der Waals surface area contributed by atoms with E-state index in [1.165, 1.54) is 0 Å². The Bertz CT molecular complexity index is 562. The minimum Gasteiger partial charge on any atom is -0.378 e. The molecule has 3 heterocycles. The molecule has 0 amide bonds. The van der Waals surface area contributed by atoms with E-state index < -0.39 is 0 Å². The standard InChI is InChI=1S/C12H15ClN4O/c1-2-10-14-11-7-9(13)8-12(17(11)15-10)16-3-5-18-6-4-16/h7-8H,2-6H2,1H3. The predicted octanol–water partition coefficient (Wildman–Crippen LogP) is 1.78. The number of aromatic nitrogens is 3. The fourth-order valence-electron chi connectivity index (χ4n) is 2.15. The van der Waals surface area contributed by atoms with Crippen molar-refractivity contribution >= 4 is 23.1 Å². The molecule has 2 aromatic rings. The third kappa shape index (κ3) is 2.04. The number of hydrogen-bond donors (Lipinski definition) is 0. The van der Waals surface area contributed by atoms with Crippen molar-refractivity contribution in [3.8, 4) is 0 Å². The third-order valence-corrected chi connectivity index (χ3v) is 3.30. The largest absolute Gasteiger partial charge is 0.378 e. The summed E-state index contributed by atoms with van der Waals surface area (Å²) in [6.45, 7) is 5.24. The van der Waals surface area contributed by atoms with Crippen LogP contribution in [0.25, 0.3) is 5.65 Å². The summed E-state index contributed by atoms with van der Waals surface area (Å²) in [5.41, 5.74) is 0.806. The summed E-state index contributed by atoms with van der Waals surface area (Å²) < 4.78 is 7.24. The van der Waals surface area contributed by atoms with Crippen molar-refractivity contribution in [2.75, 3.05) is 31.2 Å². The molecule has 0 aromatic carbocycles. The Labute approximate surface area is 110 Å². The number of rotatable bonds is 2. The van der Waals surface area contributed by atoms with Gasteiger partial charge in [-0.25, -0.2) is 4.98 Å². The molecule has 5 nitrogen and oxygen atoms in total. The molecule has 1 fully saturated rings. The molecule has 1 aliphatic heterocycles. The van der Waals surface area contributed by atoms with E-state index in [0.29, 0.717) is 5.02 Å². The summed E-state index contributed by atoms with van der Waals surface area (Å²) in [5, 5.41) is 5.21. The molecule has 0 aliphatic carbocycles. The van der Waals surface area contributed by atoms with Crippen LogP contribution >= 0.6 is 11.6 Å². The first-order chi connectivity index (χ1) is 8.78. The number of pyridine rings is 1. The van der Waals surface area contributed by atoms with E-state index in [9.17, 15) is 0 Å². The Balaban J connectivity index is 2.10. The molecule has 0 N–H and O–H groups in total. The van der Waals surface area contributed by atoms with Gasteiger partial charge in [0.1, 0.15) is 5.82 Å². The Morgan fingerprint density at radius 2 is 2.11 bits per heavy atom. The average molecular weight is 267 g/mol. The molecule has 3 rings (SSSR count). The maximum Gasteiger partial charge on any atom is 0.159 e. The van der Waals surface area contributed by atoms with E-state index in [1.807, 2.05) is 23.6 Å². The zero-order valence-corrected chi connectivity index (χ0v) is 11.0. The lowest BCUT2D eigenvalue weighted by atomic mass is 10.3. The Kier molecular flexibility index (Phi) is 3.09. The number of hydrogen-bond acceptors (Lipinski definition) is 4. The van der Waals surface area contributed by atoms with Crippen molar-refractivity contribution in [1.82, 2.24) is 14.6 Å². The number of ether oxygens (including phenoxy) is 1. The summed E-state index contributed by atoms with van der Waals surface area (Å²) >= 11 is 6.16. The van der Waals surface area contributed by atoms with Crippen LogP contribution in [0.4, 0.5) is 5.82 Å². The van der Waals surface area contributed by atoms with E-state index >= 15 is 0 Å². The van der Waals surface area contributed by atoms with Crippen molar-refractivity contribution < 1.29 is 4.74 Å². The molecule has 0 saturated carbocycles. The van der Waals surface area contributed by atoms with Gasteiger partial charge in [-0.1, -0.05) is 18.5 Å². The van der Waals surface area contributed by atoms with Gasteiger partial charge in [0, 0.05) is 30.6 Å². The molecular formula is C12H15ClN4O. The normalized spacial score (nSPS) is 16.4. The topological polar surface area (TPSA) is 42.7 Å². The van der Waals surface area contributed by atoms with Crippen molar-refractivity contribution in [3.63, 3.8) is 0 Å². The van der Waals surface area contributed by atoms with Crippen LogP contribution in [-0.4, -0.2) is 40.9 Å². The van der Waals surface area contributed by atoms with Crippen LogP contribution in [0.3, 0.4) is 0 Å². The molecule has 1 saturated heterocycles. The lowest BCUT2D eigenvalue weighted by Crippen LogP contribution is -2.37. The fraction of sp³-hybridized carbons (Fsp3) is 0.500. The molecule has 18 heavy (non-hydrogen) atoms. The highest BCUT2D eigenvalue weighted by molar-refractivity contribution is 6.31. The van der Waals surface area contributed by atoms with Crippen LogP contribution in [0.5, 0.6) is 0 Å². The molecular weight excluding hydrogens is 252 g/mol. The summed E-state index contributed by atoms with van der Waals surface area (Å²) in [7, 11) is 0. The van der Waals surface area contributed by atoms with Gasteiger partial charge in [0.25, 0.3) is 0 Å². The predicted molar refractivity (Wildman–Crippen MR) is 70.4 cm³/mol. The van der Waals surface area contributed by atoms with E-state index in [2.05, 4.69) is 15.0 Å². The van der Waals surface area contributed by atoms with Crippen LogP contribution in [0.2, 0.25) is 5.02 Å². The third-order valence-electron chi connectivity index (χ3n) is 3.08. The first kappa shape index (κ1) is 11.7. The Morgan fingerprint density at radius 3 is 2.83 bits per heavy atom. The second-order valence-electron chi connectivity index (χ2n) is 4.28. The molecule has 0 atom stereocenters. The van der Waals surface area contributed by atoms with Crippen molar-refractivity contribution in [2.45, 2.75) is 13.3 Å². The molecule has 0 radical (unpaired) electrons. The molecule has 6 heteroatoms. The number of morpholine rings is 1. The second kappa shape index (κ2) is 4.74. The van der Waals surface area contributed by atoms with Gasteiger partial charge >= 0.3 is 0 Å². The van der Waals surface area contributed by atoms with Gasteiger partial charge in [-0.3, -0.25) is 0 Å². The van der Waals surface area contributed by atoms with Gasteiger partial charge in [-0.05, 0) is 6.07 Å². The minimum atomic E-state index is 0.694. The molecule has 0 unspecified atom stereocenters. The van der Waals surface area contributed by atoms with Gasteiger partial charge < -0.3 is 9.64 Å². The summed E-state index contributed by atoms with van der Waals surface area (Å²) in [6.07, 6.45) is 0.821. The highest BCUT2D eigenvalue weighted by Crippen LogP contribution is 2.23. The Hall–Kier alpha value is -1.33. The number of fused-ring (bicyclic) bond motifs is 1. The molecule has 1 aliphatic rings. The summed E-state index contributed by atoms with van der Waals surface area (Å²) in [5.74, 6) is 1.83. The van der Waals surface area contributed by atoms with E-state index in [4.69, 9.17) is 16.3 Å². The molecule has 0 bridgehead atoms. The monoisotopic (exact) mass is 266 g/mol. The molecule has 0 spiro atoms. The number of anilines is 1. The summed E-state index contributed by atoms with van der Waals surface area (Å²) in [4.78, 5) is 6.69. The highest BCUT2D eigenvalue weighted by Gasteiger charge is 2.16. The second-order valence-corrected chi connectivity index (χ2v) is 4.72. The lowest BCUT2D eigenvalue weighted by molar-refractivity contribution is 0.122. The molecule has 2 aromatic heterocycles. The van der Waals surface area contributed by atoms with E-state index in [-0.39, 0.29) is 0 Å². The maximum absolute atomic E-state index is 6.16. The van der Waals surface area contributed by atoms with Gasteiger partial charge in [0.2, 0.25) is 0 Å². The Morgan fingerprint density at radius 1 is 1.33 bits per heavy atom. The van der Waals surface area contributed by atoms with Crippen LogP contribution in [0.15, 0.2) is 12.1 Å². The van der Waals surface area contributed by atoms with Crippen molar-refractivity contribution in [1.29, 1.82) is 0 Å². The smallest absolute Gasteiger partial charge is 0.159 e. The molecule has 96 valence electrons. The SMILES string of the molecule is CCc1nc2cc(Cl)cc(N3CCOCC3)n2n1. The summed E-state index contributed by atoms with van der Waals surface area (Å²) in [6, 6.07) is 3.78. The average Bonchev–Trinajstić information content (AvgIpc) is 2.81. The minimum absolute atomic E-state index is 0.694. The number of halogens is 1. The van der Waals surface area contributed by atoms with Gasteiger partial charge in [0.15, 0.2) is 11.5 Å². The first-order valence-corrected chi connectivity index (χ1v) is 6.53. The fourth-order valence-corrected chi connectivity index (χ4v) is 2.34. The zero-order valence-electron chi connectivity index (χ0n) is 10.3. The van der Waals surface area contributed by atoms with Crippen LogP contribution in [0.1, 0.15) is 12.7 Å². The van der Waals surface area contributed by atoms with Crippen molar-refractivity contribution in [2.24, 2.45) is 0 Å². The van der Waals surface area contributed by atoms with Crippen LogP contribution in [-0.2, 0) is 11.2 Å². The van der Waals surface area contributed by atoms with Gasteiger partial charge in [-0.2, -0.15) is 4.52 Å². The first-order valence-electron chi connectivity index (χ1n) is 6.16. The van der Waals surface area contributed by atoms with Gasteiger partial charge in [-0.15, -0.1) is 5.10 Å². The maximum atomic E-state index is 6.16. The lowest BCUT2D eigenvalue weighted by Gasteiger charge is -2.28. The van der Waals surface area contributed by atoms with Crippen LogP contribution < -0.4 is 4.90 Å². The van der Waals surface area contributed by atoms with E-state index in [1.54, 1.807) is 0 Å². The van der Waals surface area contributed by atoms with Crippen LogP contribution in [0, 0.1) is 0 Å².